The van der Waals surface area contributed by atoms with E-state index < -0.39 is 71.0 Å². The number of alkyl halides is 1. The maximum absolute atomic E-state index is 15.2. The molecule has 236 valence electrons. The van der Waals surface area contributed by atoms with Crippen molar-refractivity contribution in [1.29, 1.82) is 5.26 Å². The summed E-state index contributed by atoms with van der Waals surface area (Å²) >= 11 is 0. The molecule has 2 N–H and O–H groups in total. The Bertz CT molecular complexity index is 1420. The third-order valence-electron chi connectivity index (χ3n) is 10.3. The Hall–Kier alpha value is -3.99. The minimum Gasteiger partial charge on any atom is -0.472 e. The second kappa shape index (κ2) is 10.9. The van der Waals surface area contributed by atoms with Crippen LogP contribution in [0.25, 0.3) is 0 Å². The van der Waals surface area contributed by atoms with Crippen LogP contribution in [0.15, 0.2) is 18.3 Å². The van der Waals surface area contributed by atoms with Gasteiger partial charge in [0.15, 0.2) is 11.6 Å². The van der Waals surface area contributed by atoms with Gasteiger partial charge in [0.1, 0.15) is 24.3 Å². The highest BCUT2D eigenvalue weighted by Gasteiger charge is 2.65. The number of carbonyl (C=O) groups excluding carboxylic acids is 4. The highest BCUT2D eigenvalue weighted by molar-refractivity contribution is 6.01. The first kappa shape index (κ1) is 30.1. The van der Waals surface area contributed by atoms with Crippen LogP contribution >= 0.6 is 0 Å². The summed E-state index contributed by atoms with van der Waals surface area (Å²) in [6, 6.07) is 2.18. The molecule has 13 nitrogen and oxygen atoms in total. The van der Waals surface area contributed by atoms with Crippen LogP contribution in [0.1, 0.15) is 33.1 Å². The molecule has 3 aliphatic heterocycles. The van der Waals surface area contributed by atoms with E-state index in [1.165, 1.54) is 30.2 Å². The van der Waals surface area contributed by atoms with Gasteiger partial charge in [0.25, 0.3) is 5.91 Å². The lowest BCUT2D eigenvalue weighted by atomic mass is 9.77. The van der Waals surface area contributed by atoms with Gasteiger partial charge in [-0.25, -0.2) is 14.2 Å². The topological polar surface area (TPSA) is 163 Å². The first-order valence-corrected chi connectivity index (χ1v) is 14.9. The third-order valence-corrected chi connectivity index (χ3v) is 10.3. The van der Waals surface area contributed by atoms with E-state index in [9.17, 15) is 24.4 Å². The zero-order valence-electron chi connectivity index (χ0n) is 25.1. The summed E-state index contributed by atoms with van der Waals surface area (Å²) in [5, 5.41) is 15.5. The number of rotatable bonds is 6. The van der Waals surface area contributed by atoms with E-state index in [1.807, 2.05) is 0 Å². The number of hydrogen-bond donors (Lipinski definition) is 2. The molecule has 44 heavy (non-hydrogen) atoms. The van der Waals surface area contributed by atoms with Gasteiger partial charge in [-0.05, 0) is 48.6 Å². The Labute approximate surface area is 254 Å². The predicted molar refractivity (Wildman–Crippen MR) is 151 cm³/mol. The van der Waals surface area contributed by atoms with Crippen LogP contribution in [-0.2, 0) is 23.9 Å². The van der Waals surface area contributed by atoms with Gasteiger partial charge in [-0.2, -0.15) is 5.26 Å². The summed E-state index contributed by atoms with van der Waals surface area (Å²) in [5.41, 5.74) is -2.44. The number of anilines is 1. The normalized spacial score (nSPS) is 34.1. The minimum atomic E-state index is -1.54. The molecular formula is C30H37FN6O7. The third kappa shape index (κ3) is 4.63. The number of aromatic nitrogens is 1. The summed E-state index contributed by atoms with van der Waals surface area (Å²) in [5.74, 6) is -2.00. The lowest BCUT2D eigenvalue weighted by molar-refractivity contribution is -0.149. The predicted octanol–water partition coefficient (Wildman–Crippen LogP) is 1.49. The van der Waals surface area contributed by atoms with E-state index in [1.54, 1.807) is 26.0 Å². The molecule has 1 spiro atoms. The first-order valence-electron chi connectivity index (χ1n) is 14.9. The molecule has 14 heteroatoms. The molecule has 4 heterocycles. The molecule has 0 aromatic carbocycles. The van der Waals surface area contributed by atoms with Gasteiger partial charge in [-0.3, -0.25) is 14.4 Å². The summed E-state index contributed by atoms with van der Waals surface area (Å²) in [6.07, 6.45) is 0.503. The molecule has 1 aromatic heterocycles. The monoisotopic (exact) mass is 612 g/mol. The Kier molecular flexibility index (Phi) is 7.42. The Morgan fingerprint density at radius 2 is 2.07 bits per heavy atom. The van der Waals surface area contributed by atoms with E-state index in [-0.39, 0.29) is 43.8 Å². The number of carbonyl (C=O) groups is 4. The molecule has 1 aromatic rings. The van der Waals surface area contributed by atoms with E-state index in [2.05, 4.69) is 21.7 Å². The van der Waals surface area contributed by atoms with Crippen molar-refractivity contribution in [2.75, 3.05) is 39.2 Å². The lowest BCUT2D eigenvalue weighted by Gasteiger charge is -2.39. The summed E-state index contributed by atoms with van der Waals surface area (Å²) < 4.78 is 31.5. The number of pyridine rings is 1. The van der Waals surface area contributed by atoms with E-state index in [0.717, 1.165) is 0 Å². The Morgan fingerprint density at radius 3 is 2.77 bits per heavy atom. The first-order chi connectivity index (χ1) is 20.9. The van der Waals surface area contributed by atoms with Gasteiger partial charge in [0, 0.05) is 31.7 Å². The molecule has 2 aliphatic carbocycles. The molecule has 4 amide bonds. The van der Waals surface area contributed by atoms with Crippen LogP contribution in [-0.4, -0.2) is 102 Å². The summed E-state index contributed by atoms with van der Waals surface area (Å²) in [6.45, 7) is 3.60. The fourth-order valence-corrected chi connectivity index (χ4v) is 8.31. The number of nitriles is 1. The number of methoxy groups -OCH3 is 2. The molecular weight excluding hydrogens is 575 g/mol. The number of nitrogens with one attached hydrogen (secondary N) is 2. The minimum absolute atomic E-state index is 0.0141. The fraction of sp³-hybridized carbons (Fsp3) is 0.667. The number of fused-ring (bicyclic) bond motifs is 6. The van der Waals surface area contributed by atoms with E-state index in [4.69, 9.17) is 14.2 Å². The van der Waals surface area contributed by atoms with Gasteiger partial charge in [-0.1, -0.05) is 13.8 Å². The van der Waals surface area contributed by atoms with Gasteiger partial charge in [0.05, 0.1) is 26.3 Å². The standard InChI is InChI=1S/C30H37FN6O7/c1-29(2,14-42-3)23(34-28(41)43-4)26(39)36-12-18-15-8-17(19(31)9-15)21(18)22(36)25(38)37-13-30(10-16(37)11-32)27(40)35-24-20(44-30)6-5-7-33-24/h5-7,15-19,21-23H,8-10,12-14H2,1-4H3,(H,34,41)(H,33,35,40). The van der Waals surface area contributed by atoms with Gasteiger partial charge in [-0.15, -0.1) is 0 Å². The van der Waals surface area contributed by atoms with Gasteiger partial charge < -0.3 is 34.6 Å². The molecule has 2 saturated heterocycles. The molecule has 9 atom stereocenters. The van der Waals surface area contributed by atoms with Crippen molar-refractivity contribution in [3.05, 3.63) is 18.3 Å². The van der Waals surface area contributed by atoms with Crippen molar-refractivity contribution >= 4 is 29.6 Å². The highest BCUT2D eigenvalue weighted by atomic mass is 19.1. The van der Waals surface area contributed by atoms with E-state index in [0.29, 0.717) is 18.6 Å². The Balaban J connectivity index is 1.35. The average molecular weight is 613 g/mol. The molecule has 9 unspecified atom stereocenters. The maximum Gasteiger partial charge on any atom is 0.407 e. The van der Waals surface area contributed by atoms with Gasteiger partial charge in [0.2, 0.25) is 17.4 Å². The zero-order valence-corrected chi connectivity index (χ0v) is 25.1. The van der Waals surface area contributed by atoms with Crippen LogP contribution in [0.2, 0.25) is 0 Å². The van der Waals surface area contributed by atoms with Crippen LogP contribution in [0, 0.1) is 40.4 Å². The number of nitrogens with zero attached hydrogens (tertiary/aromatic N) is 4. The molecule has 2 bridgehead atoms. The second-order valence-corrected chi connectivity index (χ2v) is 13.3. The largest absolute Gasteiger partial charge is 0.472 e. The van der Waals surface area contributed by atoms with Crippen LogP contribution in [0.5, 0.6) is 5.75 Å². The van der Waals surface area contributed by atoms with Crippen molar-refractivity contribution < 1.29 is 37.8 Å². The van der Waals surface area contributed by atoms with Gasteiger partial charge >= 0.3 is 6.09 Å². The summed E-state index contributed by atoms with van der Waals surface area (Å²) in [7, 11) is 2.67. The van der Waals surface area contributed by atoms with Crippen LogP contribution < -0.4 is 15.4 Å². The average Bonchev–Trinajstić information content (AvgIpc) is 3.75. The zero-order chi connectivity index (χ0) is 31.6. The molecule has 4 fully saturated rings. The van der Waals surface area contributed by atoms with Crippen molar-refractivity contribution in [3.63, 3.8) is 0 Å². The fourth-order valence-electron chi connectivity index (χ4n) is 8.31. The molecule has 2 saturated carbocycles. The van der Waals surface area contributed by atoms with Crippen molar-refractivity contribution in [3.8, 4) is 11.8 Å². The number of hydrogen-bond acceptors (Lipinski definition) is 9. The molecule has 0 radical (unpaired) electrons. The number of ether oxygens (including phenoxy) is 3. The van der Waals surface area contributed by atoms with Crippen LogP contribution in [0.3, 0.4) is 0 Å². The number of likely N-dealkylation sites (tertiary alicyclic amines) is 2. The van der Waals surface area contributed by atoms with Crippen molar-refractivity contribution in [1.82, 2.24) is 20.1 Å². The van der Waals surface area contributed by atoms with Crippen molar-refractivity contribution in [2.45, 2.75) is 63.0 Å². The summed E-state index contributed by atoms with van der Waals surface area (Å²) in [4.78, 5) is 61.6. The number of halogens is 1. The molecule has 5 aliphatic rings. The highest BCUT2D eigenvalue weighted by Crippen LogP contribution is 2.59. The maximum atomic E-state index is 15.2. The lowest BCUT2D eigenvalue weighted by Crippen LogP contribution is -2.61. The quantitative estimate of drug-likeness (QED) is 0.485. The van der Waals surface area contributed by atoms with E-state index >= 15 is 4.39 Å². The number of amides is 4. The number of alkyl carbamates (subject to hydrolysis) is 1. The second-order valence-electron chi connectivity index (χ2n) is 13.3. The van der Waals surface area contributed by atoms with Crippen LogP contribution in [0.4, 0.5) is 15.0 Å². The molecule has 6 rings (SSSR count). The smallest absolute Gasteiger partial charge is 0.407 e. The van der Waals surface area contributed by atoms with Crippen molar-refractivity contribution in [2.24, 2.45) is 29.1 Å². The SMILES string of the molecule is COCC(C)(C)C(NC(=O)OC)C(=O)N1CC2C3CC(F)C(C3)C2C1C(=O)N1CC2(CC1C#N)Oc1cccnc1NC2=O. The Morgan fingerprint density at radius 1 is 1.30 bits per heavy atom.